The Morgan fingerprint density at radius 3 is 2.39 bits per heavy atom. The van der Waals surface area contributed by atoms with E-state index in [1.54, 1.807) is 6.07 Å². The van der Waals surface area contributed by atoms with E-state index in [-0.39, 0.29) is 12.1 Å². The van der Waals surface area contributed by atoms with Crippen molar-refractivity contribution in [2.75, 3.05) is 4.90 Å². The van der Waals surface area contributed by atoms with Crippen molar-refractivity contribution in [1.29, 1.82) is 0 Å². The fraction of sp³-hybridized carbons (Fsp3) is 0.154. The zero-order valence-electron chi connectivity index (χ0n) is 18.2. The SMILES string of the molecule is Cc1cc([C@H]2[C@@H](c3ccccn3)NC(=S)N2c2ccccc2)c(C)n1-c1ccc(Cl)cc1Cl. The average Bonchev–Trinajstić information content (AvgIpc) is 3.31. The van der Waals surface area contributed by atoms with Crippen molar-refractivity contribution < 1.29 is 0 Å². The Kier molecular flexibility index (Phi) is 5.87. The molecule has 0 aliphatic carbocycles. The fourth-order valence-electron chi connectivity index (χ4n) is 4.66. The normalized spacial score (nSPS) is 17.9. The molecule has 0 radical (unpaired) electrons. The number of rotatable bonds is 4. The number of aryl methyl sites for hydroxylation is 1. The molecule has 7 heteroatoms. The molecule has 1 N–H and O–H groups in total. The van der Waals surface area contributed by atoms with Gasteiger partial charge in [0.25, 0.3) is 0 Å². The Balaban J connectivity index is 1.69. The van der Waals surface area contributed by atoms with E-state index in [1.807, 2.05) is 54.7 Å². The molecule has 1 fully saturated rings. The third kappa shape index (κ3) is 3.90. The molecule has 0 spiro atoms. The third-order valence-corrected chi connectivity index (χ3v) is 6.92. The van der Waals surface area contributed by atoms with Gasteiger partial charge in [0.2, 0.25) is 0 Å². The summed E-state index contributed by atoms with van der Waals surface area (Å²) in [5, 5.41) is 5.42. The van der Waals surface area contributed by atoms with Gasteiger partial charge in [-0.15, -0.1) is 0 Å². The number of benzene rings is 2. The van der Waals surface area contributed by atoms with Gasteiger partial charge in [0.05, 0.1) is 28.5 Å². The first-order valence-electron chi connectivity index (χ1n) is 10.7. The van der Waals surface area contributed by atoms with E-state index in [2.05, 4.69) is 51.8 Å². The summed E-state index contributed by atoms with van der Waals surface area (Å²) in [6.07, 6.45) is 1.82. The van der Waals surface area contributed by atoms with Gasteiger partial charge in [-0.05, 0) is 80.2 Å². The standard InChI is InChI=1S/C26H22Cl2N4S/c1-16-14-20(17(2)31(16)23-12-11-18(27)15-21(23)28)25-24(22-10-6-7-13-29-22)30-26(33)32(25)19-8-4-3-5-9-19/h3-15,24-25H,1-2H3,(H,30,33)/t24-,25+/m1/s1. The van der Waals surface area contributed by atoms with Crippen LogP contribution in [0.5, 0.6) is 0 Å². The molecule has 2 aromatic heterocycles. The molecule has 166 valence electrons. The maximum absolute atomic E-state index is 6.59. The van der Waals surface area contributed by atoms with Gasteiger partial charge in [0.15, 0.2) is 5.11 Å². The third-order valence-electron chi connectivity index (χ3n) is 6.07. The van der Waals surface area contributed by atoms with Crippen molar-refractivity contribution in [2.45, 2.75) is 25.9 Å². The van der Waals surface area contributed by atoms with Crippen LogP contribution in [0.2, 0.25) is 10.0 Å². The molecule has 2 atom stereocenters. The molecule has 3 heterocycles. The van der Waals surface area contributed by atoms with Gasteiger partial charge < -0.3 is 14.8 Å². The smallest absolute Gasteiger partial charge is 0.174 e. The quantitative estimate of drug-likeness (QED) is 0.311. The lowest BCUT2D eigenvalue weighted by atomic mass is 9.96. The second-order valence-corrected chi connectivity index (χ2v) is 9.32. The fourth-order valence-corrected chi connectivity index (χ4v) is 5.50. The predicted octanol–water partition coefficient (Wildman–Crippen LogP) is 6.97. The molecule has 5 rings (SSSR count). The molecule has 1 aliphatic heterocycles. The number of aromatic nitrogens is 2. The van der Waals surface area contributed by atoms with Crippen LogP contribution < -0.4 is 10.2 Å². The van der Waals surface area contributed by atoms with Crippen LogP contribution in [0.25, 0.3) is 5.69 Å². The van der Waals surface area contributed by atoms with E-state index in [4.69, 9.17) is 35.4 Å². The highest BCUT2D eigenvalue weighted by Crippen LogP contribution is 2.44. The van der Waals surface area contributed by atoms with Crippen LogP contribution in [0.3, 0.4) is 0 Å². The number of pyridine rings is 1. The Bertz CT molecular complexity index is 1320. The van der Waals surface area contributed by atoms with Crippen molar-refractivity contribution in [2.24, 2.45) is 0 Å². The summed E-state index contributed by atoms with van der Waals surface area (Å²) in [6.45, 7) is 4.21. The number of nitrogens with zero attached hydrogens (tertiary/aromatic N) is 3. The topological polar surface area (TPSA) is 33.1 Å². The Morgan fingerprint density at radius 2 is 1.70 bits per heavy atom. The number of halogens is 2. The van der Waals surface area contributed by atoms with Crippen LogP contribution in [0.15, 0.2) is 79.0 Å². The summed E-state index contributed by atoms with van der Waals surface area (Å²) in [5.41, 5.74) is 6.21. The van der Waals surface area contributed by atoms with Crippen molar-refractivity contribution in [3.63, 3.8) is 0 Å². The van der Waals surface area contributed by atoms with Gasteiger partial charge in [-0.1, -0.05) is 47.5 Å². The van der Waals surface area contributed by atoms with Gasteiger partial charge >= 0.3 is 0 Å². The zero-order valence-corrected chi connectivity index (χ0v) is 20.5. The van der Waals surface area contributed by atoms with Crippen molar-refractivity contribution >= 4 is 46.2 Å². The van der Waals surface area contributed by atoms with E-state index >= 15 is 0 Å². The van der Waals surface area contributed by atoms with Crippen LogP contribution in [0.1, 0.15) is 34.7 Å². The minimum atomic E-state index is -0.103. The van der Waals surface area contributed by atoms with Crippen LogP contribution >= 0.6 is 35.4 Å². The number of hydrogen-bond donors (Lipinski definition) is 1. The molecule has 33 heavy (non-hydrogen) atoms. The van der Waals surface area contributed by atoms with Crippen LogP contribution in [-0.2, 0) is 0 Å². The molecule has 4 nitrogen and oxygen atoms in total. The first kappa shape index (κ1) is 22.0. The summed E-state index contributed by atoms with van der Waals surface area (Å²) < 4.78 is 2.17. The second-order valence-electron chi connectivity index (χ2n) is 8.09. The van der Waals surface area contributed by atoms with Crippen LogP contribution in [0, 0.1) is 13.8 Å². The molecule has 4 aromatic rings. The van der Waals surface area contributed by atoms with Gasteiger partial charge in [0.1, 0.15) is 0 Å². The Morgan fingerprint density at radius 1 is 0.939 bits per heavy atom. The minimum absolute atomic E-state index is 0.0826. The molecule has 1 aliphatic rings. The summed E-state index contributed by atoms with van der Waals surface area (Å²) in [5.74, 6) is 0. The predicted molar refractivity (Wildman–Crippen MR) is 140 cm³/mol. The van der Waals surface area contributed by atoms with E-state index in [9.17, 15) is 0 Å². The minimum Gasteiger partial charge on any atom is -0.351 e. The first-order valence-corrected chi connectivity index (χ1v) is 11.8. The van der Waals surface area contributed by atoms with Gasteiger partial charge in [0, 0.05) is 28.3 Å². The number of hydrogen-bond acceptors (Lipinski definition) is 2. The highest BCUT2D eigenvalue weighted by atomic mass is 35.5. The largest absolute Gasteiger partial charge is 0.351 e. The molecular formula is C26H22Cl2N4S. The summed E-state index contributed by atoms with van der Waals surface area (Å²) >= 11 is 18.6. The molecule has 0 saturated carbocycles. The Hall–Kier alpha value is -2.86. The number of anilines is 1. The summed E-state index contributed by atoms with van der Waals surface area (Å²) in [4.78, 5) is 6.83. The molecule has 0 amide bonds. The van der Waals surface area contributed by atoms with E-state index in [0.717, 1.165) is 34.0 Å². The first-order chi connectivity index (χ1) is 16.0. The highest BCUT2D eigenvalue weighted by molar-refractivity contribution is 7.80. The lowest BCUT2D eigenvalue weighted by Crippen LogP contribution is -2.29. The van der Waals surface area contributed by atoms with E-state index in [1.165, 1.54) is 0 Å². The van der Waals surface area contributed by atoms with Gasteiger partial charge in [-0.2, -0.15) is 0 Å². The maximum Gasteiger partial charge on any atom is 0.174 e. The summed E-state index contributed by atoms with van der Waals surface area (Å²) in [7, 11) is 0. The summed E-state index contributed by atoms with van der Waals surface area (Å²) in [6, 6.07) is 23.8. The van der Waals surface area contributed by atoms with Crippen molar-refractivity contribution in [3.8, 4) is 5.69 Å². The van der Waals surface area contributed by atoms with Crippen molar-refractivity contribution in [3.05, 3.63) is 112 Å². The number of thiocarbonyl (C=S) groups is 1. The maximum atomic E-state index is 6.59. The molecule has 2 aromatic carbocycles. The zero-order chi connectivity index (χ0) is 23.1. The van der Waals surface area contributed by atoms with Crippen LogP contribution in [-0.4, -0.2) is 14.7 Å². The lowest BCUT2D eigenvalue weighted by molar-refractivity contribution is 0.565. The highest BCUT2D eigenvalue weighted by Gasteiger charge is 2.42. The second kappa shape index (κ2) is 8.82. The number of para-hydroxylation sites is 1. The molecule has 1 saturated heterocycles. The van der Waals surface area contributed by atoms with Gasteiger partial charge in [-0.25, -0.2) is 0 Å². The van der Waals surface area contributed by atoms with Crippen LogP contribution in [0.4, 0.5) is 5.69 Å². The molecule has 0 unspecified atom stereocenters. The van der Waals surface area contributed by atoms with E-state index < -0.39 is 0 Å². The number of nitrogens with one attached hydrogen (secondary N) is 1. The van der Waals surface area contributed by atoms with Gasteiger partial charge in [-0.3, -0.25) is 4.98 Å². The lowest BCUT2D eigenvalue weighted by Gasteiger charge is -2.28. The average molecular weight is 493 g/mol. The van der Waals surface area contributed by atoms with E-state index in [0.29, 0.717) is 15.2 Å². The monoisotopic (exact) mass is 492 g/mol. The Labute approximate surface area is 208 Å². The molecule has 0 bridgehead atoms. The molecular weight excluding hydrogens is 471 g/mol. The van der Waals surface area contributed by atoms with Crippen molar-refractivity contribution in [1.82, 2.24) is 14.9 Å².